The Kier molecular flexibility index (Phi) is 6.26. The molecule has 1 aliphatic carbocycles. The summed E-state index contributed by atoms with van der Waals surface area (Å²) in [6.45, 7) is 1.56. The highest BCUT2D eigenvalue weighted by Crippen LogP contribution is 2.41. The fraction of sp³-hybridized carbons (Fsp3) is 0.533. The van der Waals surface area contributed by atoms with Crippen LogP contribution in [0.15, 0.2) is 24.3 Å². The van der Waals surface area contributed by atoms with Crippen LogP contribution in [0.1, 0.15) is 43.2 Å². The molecule has 3 atom stereocenters. The monoisotopic (exact) mass is 336 g/mol. The standard InChI is InChI=1S/C15H19F3N2O.ClH/c1-9(19)14(21)20-13-8-4-6-11(13)10-5-2-3-7-12(10)15(16,17)18;/h2-3,5,7,9,11,13H,4,6,8,19H2,1H3,(H,20,21);1H/t9-,11?,13?;/m1./s1. The topological polar surface area (TPSA) is 55.1 Å². The molecule has 7 heteroatoms. The molecule has 1 fully saturated rings. The molecule has 124 valence electrons. The number of halogens is 4. The zero-order valence-corrected chi connectivity index (χ0v) is 13.0. The van der Waals surface area contributed by atoms with E-state index >= 15 is 0 Å². The van der Waals surface area contributed by atoms with Crippen LogP contribution in [0, 0.1) is 0 Å². The Morgan fingerprint density at radius 1 is 1.32 bits per heavy atom. The number of hydrogen-bond acceptors (Lipinski definition) is 2. The molecular formula is C15H20ClF3N2O. The van der Waals surface area contributed by atoms with E-state index in [4.69, 9.17) is 5.73 Å². The molecule has 0 bridgehead atoms. The van der Waals surface area contributed by atoms with Gasteiger partial charge in [-0.25, -0.2) is 0 Å². The summed E-state index contributed by atoms with van der Waals surface area (Å²) in [4.78, 5) is 11.7. The minimum absolute atomic E-state index is 0. The number of amides is 1. The van der Waals surface area contributed by atoms with Crippen LogP contribution in [0.2, 0.25) is 0 Å². The third-order valence-electron chi connectivity index (χ3n) is 3.92. The smallest absolute Gasteiger partial charge is 0.351 e. The Hall–Kier alpha value is -1.27. The molecule has 0 spiro atoms. The highest BCUT2D eigenvalue weighted by Gasteiger charge is 2.38. The number of alkyl halides is 3. The fourth-order valence-corrected chi connectivity index (χ4v) is 2.90. The number of benzene rings is 1. The highest BCUT2D eigenvalue weighted by molar-refractivity contribution is 5.85. The second kappa shape index (κ2) is 7.33. The summed E-state index contributed by atoms with van der Waals surface area (Å²) in [5.74, 6) is -0.637. The number of hydrogen-bond donors (Lipinski definition) is 2. The van der Waals surface area contributed by atoms with Gasteiger partial charge in [0.15, 0.2) is 0 Å². The first-order valence-corrected chi connectivity index (χ1v) is 7.02. The number of carbonyl (C=O) groups excluding carboxylic acids is 1. The number of rotatable bonds is 3. The van der Waals surface area contributed by atoms with Gasteiger partial charge in [0.25, 0.3) is 0 Å². The lowest BCUT2D eigenvalue weighted by Crippen LogP contribution is -2.44. The molecule has 1 amide bonds. The van der Waals surface area contributed by atoms with Crippen LogP contribution in [0.25, 0.3) is 0 Å². The molecule has 0 aliphatic heterocycles. The van der Waals surface area contributed by atoms with Gasteiger partial charge in [-0.2, -0.15) is 13.2 Å². The predicted octanol–water partition coefficient (Wildman–Crippen LogP) is 3.23. The van der Waals surface area contributed by atoms with Crippen molar-refractivity contribution in [3.8, 4) is 0 Å². The van der Waals surface area contributed by atoms with Crippen molar-refractivity contribution in [1.82, 2.24) is 5.32 Å². The number of carbonyl (C=O) groups is 1. The van der Waals surface area contributed by atoms with Gasteiger partial charge in [0.1, 0.15) is 0 Å². The lowest BCUT2D eigenvalue weighted by molar-refractivity contribution is -0.138. The van der Waals surface area contributed by atoms with Crippen molar-refractivity contribution in [3.05, 3.63) is 35.4 Å². The number of nitrogens with two attached hydrogens (primary N) is 1. The van der Waals surface area contributed by atoms with Crippen molar-refractivity contribution in [2.45, 2.75) is 50.4 Å². The summed E-state index contributed by atoms with van der Waals surface area (Å²) >= 11 is 0. The average Bonchev–Trinajstić information content (AvgIpc) is 2.85. The minimum Gasteiger partial charge on any atom is -0.351 e. The molecule has 1 aromatic rings. The van der Waals surface area contributed by atoms with Crippen LogP contribution < -0.4 is 11.1 Å². The second-order valence-corrected chi connectivity index (χ2v) is 5.53. The molecule has 2 rings (SSSR count). The molecule has 1 aliphatic rings. The van der Waals surface area contributed by atoms with Crippen molar-refractivity contribution >= 4 is 18.3 Å². The highest BCUT2D eigenvalue weighted by atomic mass is 35.5. The Labute approximate surface area is 133 Å². The SMILES string of the molecule is C[C@@H](N)C(=O)NC1CCCC1c1ccccc1C(F)(F)F.Cl. The molecule has 2 unspecified atom stereocenters. The zero-order valence-electron chi connectivity index (χ0n) is 12.2. The second-order valence-electron chi connectivity index (χ2n) is 5.53. The summed E-state index contributed by atoms with van der Waals surface area (Å²) in [6.07, 6.45) is -2.28. The normalized spacial score (nSPS) is 22.8. The Balaban J connectivity index is 0.00000242. The molecule has 0 heterocycles. The van der Waals surface area contributed by atoms with Crippen LogP contribution in [0.3, 0.4) is 0 Å². The van der Waals surface area contributed by atoms with Crippen molar-refractivity contribution in [1.29, 1.82) is 0 Å². The van der Waals surface area contributed by atoms with E-state index in [2.05, 4.69) is 5.32 Å². The van der Waals surface area contributed by atoms with Gasteiger partial charge in [-0.05, 0) is 31.4 Å². The third-order valence-corrected chi connectivity index (χ3v) is 3.92. The van der Waals surface area contributed by atoms with Crippen LogP contribution >= 0.6 is 12.4 Å². The van der Waals surface area contributed by atoms with Crippen molar-refractivity contribution in [2.24, 2.45) is 5.73 Å². The van der Waals surface area contributed by atoms with Gasteiger partial charge < -0.3 is 11.1 Å². The fourth-order valence-electron chi connectivity index (χ4n) is 2.90. The maximum atomic E-state index is 13.1. The van der Waals surface area contributed by atoms with Gasteiger partial charge in [-0.1, -0.05) is 24.6 Å². The van der Waals surface area contributed by atoms with E-state index in [1.807, 2.05) is 0 Å². The van der Waals surface area contributed by atoms with Crippen molar-refractivity contribution in [3.63, 3.8) is 0 Å². The Morgan fingerprint density at radius 2 is 1.95 bits per heavy atom. The van der Waals surface area contributed by atoms with E-state index in [-0.39, 0.29) is 35.8 Å². The van der Waals surface area contributed by atoms with Gasteiger partial charge in [-0.15, -0.1) is 12.4 Å². The summed E-state index contributed by atoms with van der Waals surface area (Å²) in [5.41, 5.74) is 5.15. The van der Waals surface area contributed by atoms with E-state index in [1.165, 1.54) is 12.1 Å². The third kappa shape index (κ3) is 4.14. The lowest BCUT2D eigenvalue weighted by Gasteiger charge is -2.25. The van der Waals surface area contributed by atoms with E-state index in [9.17, 15) is 18.0 Å². The summed E-state index contributed by atoms with van der Waals surface area (Å²) in [6, 6.07) is 4.64. The molecule has 3 N–H and O–H groups in total. The van der Waals surface area contributed by atoms with E-state index in [0.29, 0.717) is 12.8 Å². The first kappa shape index (κ1) is 18.8. The summed E-state index contributed by atoms with van der Waals surface area (Å²) in [7, 11) is 0. The number of nitrogens with one attached hydrogen (secondary N) is 1. The molecule has 0 radical (unpaired) electrons. The first-order chi connectivity index (χ1) is 9.80. The molecule has 22 heavy (non-hydrogen) atoms. The van der Waals surface area contributed by atoms with E-state index in [0.717, 1.165) is 12.5 Å². The molecular weight excluding hydrogens is 317 g/mol. The van der Waals surface area contributed by atoms with Crippen LogP contribution in [0.5, 0.6) is 0 Å². The molecule has 1 aromatic carbocycles. The molecule has 3 nitrogen and oxygen atoms in total. The minimum atomic E-state index is -4.38. The average molecular weight is 337 g/mol. The largest absolute Gasteiger partial charge is 0.416 e. The Bertz CT molecular complexity index is 520. The summed E-state index contributed by atoms with van der Waals surface area (Å²) < 4.78 is 39.3. The maximum Gasteiger partial charge on any atom is 0.416 e. The van der Waals surface area contributed by atoms with Gasteiger partial charge in [0, 0.05) is 12.0 Å². The van der Waals surface area contributed by atoms with Crippen LogP contribution in [-0.4, -0.2) is 18.0 Å². The summed E-state index contributed by atoms with van der Waals surface area (Å²) in [5, 5.41) is 2.77. The van der Waals surface area contributed by atoms with Gasteiger partial charge in [0.05, 0.1) is 11.6 Å². The van der Waals surface area contributed by atoms with E-state index < -0.39 is 17.8 Å². The quantitative estimate of drug-likeness (QED) is 0.890. The van der Waals surface area contributed by atoms with Crippen molar-refractivity contribution in [2.75, 3.05) is 0 Å². The molecule has 0 aromatic heterocycles. The maximum absolute atomic E-state index is 13.1. The first-order valence-electron chi connectivity index (χ1n) is 7.02. The van der Waals surface area contributed by atoms with Crippen molar-refractivity contribution < 1.29 is 18.0 Å². The zero-order chi connectivity index (χ0) is 15.6. The lowest BCUT2D eigenvalue weighted by atomic mass is 9.89. The molecule has 1 saturated carbocycles. The van der Waals surface area contributed by atoms with E-state index in [1.54, 1.807) is 13.0 Å². The van der Waals surface area contributed by atoms with Gasteiger partial charge >= 0.3 is 6.18 Å². The van der Waals surface area contributed by atoms with Crippen LogP contribution in [-0.2, 0) is 11.0 Å². The van der Waals surface area contributed by atoms with Gasteiger partial charge in [-0.3, -0.25) is 4.79 Å². The van der Waals surface area contributed by atoms with Crippen LogP contribution in [0.4, 0.5) is 13.2 Å². The predicted molar refractivity (Wildman–Crippen MR) is 80.9 cm³/mol. The Morgan fingerprint density at radius 3 is 2.55 bits per heavy atom. The van der Waals surface area contributed by atoms with Gasteiger partial charge in [0.2, 0.25) is 5.91 Å². The molecule has 0 saturated heterocycles.